The van der Waals surface area contributed by atoms with Crippen LogP contribution in [0.1, 0.15) is 17.3 Å². The summed E-state index contributed by atoms with van der Waals surface area (Å²) in [5, 5.41) is 0. The van der Waals surface area contributed by atoms with Crippen molar-refractivity contribution in [1.29, 1.82) is 0 Å². The van der Waals surface area contributed by atoms with E-state index in [0.29, 0.717) is 0 Å². The molecule has 0 radical (unpaired) electrons. The zero-order valence-corrected chi connectivity index (χ0v) is 8.80. The fourth-order valence-corrected chi connectivity index (χ4v) is 2.96. The lowest BCUT2D eigenvalue weighted by atomic mass is 10.0. The quantitative estimate of drug-likeness (QED) is 0.635. The van der Waals surface area contributed by atoms with E-state index in [2.05, 4.69) is 0 Å². The molecule has 0 nitrogen and oxygen atoms in total. The van der Waals surface area contributed by atoms with Crippen LogP contribution in [-0.2, 0) is 0 Å². The van der Waals surface area contributed by atoms with Gasteiger partial charge in [0, 0.05) is 20.9 Å². The summed E-state index contributed by atoms with van der Waals surface area (Å²) in [7, 11) is 0. The number of benzene rings is 2. The van der Waals surface area contributed by atoms with Gasteiger partial charge in [-0.1, -0.05) is 48.2 Å². The van der Waals surface area contributed by atoms with Gasteiger partial charge in [-0.05, 0) is 12.1 Å². The molecule has 2 aromatic rings. The molecule has 0 aliphatic carbocycles. The van der Waals surface area contributed by atoms with E-state index in [1.54, 1.807) is 11.8 Å². The Hall–Kier alpha value is -1.28. The summed E-state index contributed by atoms with van der Waals surface area (Å²) in [5.74, 6) is 0. The Morgan fingerprint density at radius 2 is 1.27 bits per heavy atom. The third kappa shape index (κ3) is 1.37. The summed E-state index contributed by atoms with van der Waals surface area (Å²) in [6.45, 7) is 0. The molecule has 0 aromatic heterocycles. The summed E-state index contributed by atoms with van der Waals surface area (Å²) in [4.78, 5) is 2.06. The number of halogens is 1. The van der Waals surface area contributed by atoms with E-state index >= 15 is 0 Å². The van der Waals surface area contributed by atoms with Gasteiger partial charge in [0.05, 0.1) is 0 Å². The number of fused-ring (bicyclic) bond motifs is 2. The minimum atomic E-state index is -0.973. The number of hydrogen-bond donors (Lipinski definition) is 0. The van der Waals surface area contributed by atoms with Crippen LogP contribution >= 0.6 is 11.8 Å². The van der Waals surface area contributed by atoms with Gasteiger partial charge < -0.3 is 0 Å². The third-order valence-electron chi connectivity index (χ3n) is 2.60. The van der Waals surface area contributed by atoms with Gasteiger partial charge in [0.25, 0.3) is 0 Å². The van der Waals surface area contributed by atoms with Crippen LogP contribution in [-0.4, -0.2) is 0 Å². The maximum atomic E-state index is 14.2. The molecule has 3 rings (SSSR count). The van der Waals surface area contributed by atoms with Crippen LogP contribution in [0.4, 0.5) is 4.39 Å². The first-order chi connectivity index (χ1) is 7.36. The molecule has 15 heavy (non-hydrogen) atoms. The van der Waals surface area contributed by atoms with E-state index in [0.717, 1.165) is 20.9 Å². The average molecular weight is 216 g/mol. The van der Waals surface area contributed by atoms with E-state index in [9.17, 15) is 4.39 Å². The van der Waals surface area contributed by atoms with E-state index in [-0.39, 0.29) is 0 Å². The Balaban J connectivity index is 2.20. The van der Waals surface area contributed by atoms with Crippen molar-refractivity contribution in [2.24, 2.45) is 0 Å². The normalized spacial score (nSPS) is 14.5. The van der Waals surface area contributed by atoms with Gasteiger partial charge in [0.2, 0.25) is 0 Å². The van der Waals surface area contributed by atoms with Crippen molar-refractivity contribution >= 4 is 11.8 Å². The van der Waals surface area contributed by atoms with E-state index in [1.807, 2.05) is 48.5 Å². The van der Waals surface area contributed by atoms with Crippen LogP contribution in [0.2, 0.25) is 0 Å². The van der Waals surface area contributed by atoms with Crippen molar-refractivity contribution in [3.63, 3.8) is 0 Å². The lowest BCUT2D eigenvalue weighted by Gasteiger charge is -2.21. The minimum absolute atomic E-state index is 0.793. The molecule has 0 amide bonds. The SMILES string of the molecule is FC1c2ccccc2Sc2ccccc21. The van der Waals surface area contributed by atoms with E-state index in [4.69, 9.17) is 0 Å². The second kappa shape index (κ2) is 3.38. The highest BCUT2D eigenvalue weighted by atomic mass is 32.2. The lowest BCUT2D eigenvalue weighted by molar-refractivity contribution is 0.389. The van der Waals surface area contributed by atoms with Gasteiger partial charge in [-0.2, -0.15) is 0 Å². The van der Waals surface area contributed by atoms with Gasteiger partial charge in [0.1, 0.15) is 0 Å². The second-order valence-corrected chi connectivity index (χ2v) is 4.62. The number of hydrogen-bond acceptors (Lipinski definition) is 1. The summed E-state index contributed by atoms with van der Waals surface area (Å²) in [6, 6.07) is 15.4. The monoisotopic (exact) mass is 216 g/mol. The molecule has 0 fully saturated rings. The molecule has 0 N–H and O–H groups in total. The molecule has 0 spiro atoms. The first-order valence-electron chi connectivity index (χ1n) is 4.86. The zero-order valence-electron chi connectivity index (χ0n) is 7.98. The zero-order chi connectivity index (χ0) is 10.3. The fraction of sp³-hybridized carbons (Fsp3) is 0.0769. The predicted octanol–water partition coefficient (Wildman–Crippen LogP) is 4.21. The number of rotatable bonds is 0. The van der Waals surface area contributed by atoms with Crippen LogP contribution in [0.15, 0.2) is 58.3 Å². The minimum Gasteiger partial charge on any atom is -0.237 e. The van der Waals surface area contributed by atoms with Crippen LogP contribution in [0.25, 0.3) is 0 Å². The first-order valence-corrected chi connectivity index (χ1v) is 5.68. The van der Waals surface area contributed by atoms with Crippen molar-refractivity contribution in [2.75, 3.05) is 0 Å². The highest BCUT2D eigenvalue weighted by Crippen LogP contribution is 2.45. The van der Waals surface area contributed by atoms with Crippen molar-refractivity contribution in [3.05, 3.63) is 59.7 Å². The van der Waals surface area contributed by atoms with Crippen molar-refractivity contribution in [1.82, 2.24) is 0 Å². The van der Waals surface area contributed by atoms with Gasteiger partial charge in [0.15, 0.2) is 6.17 Å². The lowest BCUT2D eigenvalue weighted by Crippen LogP contribution is -2.03. The summed E-state index contributed by atoms with van der Waals surface area (Å²) < 4.78 is 14.2. The van der Waals surface area contributed by atoms with Crippen LogP contribution in [0.5, 0.6) is 0 Å². The van der Waals surface area contributed by atoms with Crippen molar-refractivity contribution in [2.45, 2.75) is 16.0 Å². The first kappa shape index (κ1) is 8.98. The topological polar surface area (TPSA) is 0 Å². The van der Waals surface area contributed by atoms with Gasteiger partial charge in [-0.3, -0.25) is 0 Å². The summed E-state index contributed by atoms with van der Waals surface area (Å²) in [5.41, 5.74) is 1.59. The van der Waals surface area contributed by atoms with Crippen molar-refractivity contribution in [3.8, 4) is 0 Å². The van der Waals surface area contributed by atoms with Gasteiger partial charge in [-0.25, -0.2) is 4.39 Å². The molecule has 0 saturated carbocycles. The molecular weight excluding hydrogens is 207 g/mol. The molecule has 2 heteroatoms. The van der Waals surface area contributed by atoms with Crippen LogP contribution < -0.4 is 0 Å². The number of alkyl halides is 1. The third-order valence-corrected chi connectivity index (χ3v) is 3.79. The Bertz CT molecular complexity index is 462. The van der Waals surface area contributed by atoms with Crippen molar-refractivity contribution < 1.29 is 4.39 Å². The molecular formula is C13H9FS. The fourth-order valence-electron chi connectivity index (χ4n) is 1.85. The largest absolute Gasteiger partial charge is 0.237 e. The maximum Gasteiger partial charge on any atom is 0.152 e. The smallest absolute Gasteiger partial charge is 0.152 e. The molecule has 0 atom stereocenters. The highest BCUT2D eigenvalue weighted by Gasteiger charge is 2.24. The summed E-state index contributed by atoms with van der Waals surface area (Å²) in [6.07, 6.45) is -0.973. The average Bonchev–Trinajstić information content (AvgIpc) is 2.30. The van der Waals surface area contributed by atoms with Gasteiger partial charge in [-0.15, -0.1) is 0 Å². The molecule has 0 unspecified atom stereocenters. The molecule has 0 saturated heterocycles. The predicted molar refractivity (Wildman–Crippen MR) is 60.0 cm³/mol. The molecule has 1 aliphatic rings. The van der Waals surface area contributed by atoms with E-state index < -0.39 is 6.17 Å². The standard InChI is InChI=1S/C13H9FS/c14-13-9-5-1-3-7-11(9)15-12-8-4-2-6-10(12)13/h1-8,13H. The van der Waals surface area contributed by atoms with E-state index in [1.165, 1.54) is 0 Å². The molecule has 2 aromatic carbocycles. The summed E-state index contributed by atoms with van der Waals surface area (Å²) >= 11 is 1.65. The van der Waals surface area contributed by atoms with Gasteiger partial charge >= 0.3 is 0 Å². The Morgan fingerprint density at radius 1 is 0.800 bits per heavy atom. The molecule has 0 bridgehead atoms. The maximum absolute atomic E-state index is 14.2. The molecule has 1 heterocycles. The second-order valence-electron chi connectivity index (χ2n) is 3.54. The molecule has 74 valence electrons. The Kier molecular flexibility index (Phi) is 2.03. The molecule has 1 aliphatic heterocycles. The Morgan fingerprint density at radius 3 is 1.80 bits per heavy atom. The van der Waals surface area contributed by atoms with Crippen LogP contribution in [0, 0.1) is 0 Å². The van der Waals surface area contributed by atoms with Crippen LogP contribution in [0.3, 0.4) is 0 Å². The Labute approximate surface area is 92.1 Å². The highest BCUT2D eigenvalue weighted by molar-refractivity contribution is 7.99.